The molecule has 0 N–H and O–H groups in total. The minimum Gasteiger partial charge on any atom is -0.222 e. The number of nitriles is 2. The summed E-state index contributed by atoms with van der Waals surface area (Å²) in [6.07, 6.45) is 3.69. The molecule has 0 spiro atoms. The van der Waals surface area contributed by atoms with Crippen molar-refractivity contribution in [3.8, 4) is 12.1 Å². The molecule has 0 aliphatic rings. The van der Waals surface area contributed by atoms with Crippen molar-refractivity contribution in [2.45, 2.75) is 0 Å². The highest BCUT2D eigenvalue weighted by Gasteiger charge is 1.99. The van der Waals surface area contributed by atoms with E-state index < -0.39 is 20.5 Å². The Morgan fingerprint density at radius 2 is 0.893 bits per heavy atom. The average Bonchev–Trinajstić information content (AvgIpc) is 2.53. The normalized spacial score (nSPS) is 9.71. The summed E-state index contributed by atoms with van der Waals surface area (Å²) in [5, 5.41) is 16.9. The number of rotatable bonds is 0. The number of nitrogens with zero attached hydrogens (tertiary/aromatic N) is 4. The van der Waals surface area contributed by atoms with Gasteiger partial charge in [0.1, 0.15) is 14.1 Å². The maximum absolute atomic E-state index is 8.49. The largest absolute Gasteiger partial charge is 0.283 e. The first-order chi connectivity index (χ1) is 12.7. The van der Waals surface area contributed by atoms with Gasteiger partial charge in [-0.05, 0) is 12.1 Å². The van der Waals surface area contributed by atoms with E-state index in [-0.39, 0.29) is 0 Å². The lowest BCUT2D eigenvalue weighted by Crippen LogP contribution is -2.68. The molecule has 12 nitrogen and oxygen atoms in total. The summed E-state index contributed by atoms with van der Waals surface area (Å²) in [6.45, 7) is 0. The van der Waals surface area contributed by atoms with Gasteiger partial charge < -0.3 is 0 Å². The van der Waals surface area contributed by atoms with Gasteiger partial charge in [0.2, 0.25) is 0 Å². The van der Waals surface area contributed by atoms with Crippen LogP contribution in [0.1, 0.15) is 11.4 Å². The molecule has 0 atom stereocenters. The summed E-state index contributed by atoms with van der Waals surface area (Å²) >= 11 is 0. The third kappa shape index (κ3) is 21.6. The fraction of sp³-hybridized carbons (Fsp3) is 0.143. The molecule has 2 rings (SSSR count). The van der Waals surface area contributed by atoms with Crippen molar-refractivity contribution in [2.24, 2.45) is 14.1 Å². The molecule has 0 aromatic carbocycles. The second-order valence-electron chi connectivity index (χ2n) is 4.37. The van der Waals surface area contributed by atoms with Crippen LogP contribution in [0, 0.1) is 43.1 Å². The van der Waals surface area contributed by atoms with E-state index in [1.165, 1.54) is 0 Å². The van der Waals surface area contributed by atoms with Crippen LogP contribution in [0.15, 0.2) is 48.8 Å². The lowest BCUT2D eigenvalue weighted by Gasteiger charge is -2.17. The smallest absolute Gasteiger partial charge is 0.222 e. The summed E-state index contributed by atoms with van der Waals surface area (Å²) in [5.41, 5.74) is 1.36. The highest BCUT2D eigenvalue weighted by molar-refractivity contribution is 5.13. The minimum atomic E-state index is -4.94. The molecule has 0 fully saturated rings. The summed E-state index contributed by atoms with van der Waals surface area (Å²) in [5.74, 6) is 0. The Morgan fingerprint density at radius 1 is 0.643 bits per heavy atom. The first-order valence-electron chi connectivity index (χ1n) is 6.62. The lowest BCUT2D eigenvalue weighted by atomic mass is 10.4. The van der Waals surface area contributed by atoms with E-state index in [0.717, 1.165) is 0 Å². The lowest BCUT2D eigenvalue weighted by molar-refractivity contribution is -2.00. The third-order valence-electron chi connectivity index (χ3n) is 2.34. The SMILES string of the molecule is C[n+]1ccccc1C#N.C[n+]1ccccc1C#N.[O-][Cl+3]([O-])([O-])[O-].[O-][Cl+3]([O-])([O-])[O-]. The van der Waals surface area contributed by atoms with Crippen LogP contribution in [0.2, 0.25) is 0 Å². The second kappa shape index (κ2) is 13.7. The monoisotopic (exact) mass is 436 g/mol. The summed E-state index contributed by atoms with van der Waals surface area (Å²) in [4.78, 5) is 0. The van der Waals surface area contributed by atoms with E-state index in [0.29, 0.717) is 11.4 Å². The van der Waals surface area contributed by atoms with Gasteiger partial charge in [-0.25, -0.2) is 37.3 Å². The van der Waals surface area contributed by atoms with Gasteiger partial charge in [0.05, 0.1) is 0 Å². The van der Waals surface area contributed by atoms with Crippen LogP contribution in [0.5, 0.6) is 0 Å². The Hall–Kier alpha value is -2.46. The molecule has 0 unspecified atom stereocenters. The average molecular weight is 437 g/mol. The zero-order valence-electron chi connectivity index (χ0n) is 14.4. The Kier molecular flexibility index (Phi) is 13.6. The number of aromatic nitrogens is 2. The van der Waals surface area contributed by atoms with Gasteiger partial charge in [-0.2, -0.15) is 19.7 Å². The van der Waals surface area contributed by atoms with E-state index in [2.05, 4.69) is 12.1 Å². The molecule has 2 aromatic heterocycles. The number of hydrogen-bond donors (Lipinski definition) is 0. The molecule has 152 valence electrons. The van der Waals surface area contributed by atoms with Crippen LogP contribution >= 0.6 is 0 Å². The van der Waals surface area contributed by atoms with E-state index in [9.17, 15) is 0 Å². The Labute approximate surface area is 164 Å². The molecule has 0 bridgehead atoms. The van der Waals surface area contributed by atoms with Crippen LogP contribution < -0.4 is 46.4 Å². The first-order valence-corrected chi connectivity index (χ1v) is 9.09. The Balaban J connectivity index is 0. The predicted molar refractivity (Wildman–Crippen MR) is 64.7 cm³/mol. The van der Waals surface area contributed by atoms with Crippen molar-refractivity contribution in [1.82, 2.24) is 0 Å². The molecule has 2 heterocycles. The number of hydrogen-bond acceptors (Lipinski definition) is 10. The Morgan fingerprint density at radius 3 is 1.04 bits per heavy atom. The summed E-state index contributed by atoms with van der Waals surface area (Å²) < 4.78 is 71.5. The minimum absolute atomic E-state index is 0.678. The number of halogens is 2. The van der Waals surface area contributed by atoms with Gasteiger partial charge in [-0.1, -0.05) is 0 Å². The van der Waals surface area contributed by atoms with E-state index in [1.54, 1.807) is 21.3 Å². The maximum atomic E-state index is 8.49. The molecule has 0 radical (unpaired) electrons. The van der Waals surface area contributed by atoms with Gasteiger partial charge in [0.15, 0.2) is 24.5 Å². The molecule has 0 saturated heterocycles. The van der Waals surface area contributed by atoms with Gasteiger partial charge in [0, 0.05) is 24.3 Å². The standard InChI is InChI=1S/2C7H7N2.2ClHO4/c2*1-9-5-3-2-4-7(9)6-8;2*2-1(3,4)5/h2*2-5H,1H3;2*(H,2,3,4,5)/q2*+1;;/p-2. The number of pyridine rings is 2. The fourth-order valence-electron chi connectivity index (χ4n) is 1.28. The quantitative estimate of drug-likeness (QED) is 0.352. The summed E-state index contributed by atoms with van der Waals surface area (Å²) in [7, 11) is -6.20. The van der Waals surface area contributed by atoms with Crippen LogP contribution in [0.3, 0.4) is 0 Å². The third-order valence-corrected chi connectivity index (χ3v) is 2.34. The molecule has 14 heteroatoms. The molecule has 0 aliphatic heterocycles. The van der Waals surface area contributed by atoms with Gasteiger partial charge in [0.25, 0.3) is 11.4 Å². The summed E-state index contributed by atoms with van der Waals surface area (Å²) in [6, 6.07) is 15.1. The van der Waals surface area contributed by atoms with Crippen molar-refractivity contribution >= 4 is 0 Å². The predicted octanol–water partition coefficient (Wildman–Crippen LogP) is -8.75. The van der Waals surface area contributed by atoms with Crippen molar-refractivity contribution < 1.29 is 66.9 Å². The van der Waals surface area contributed by atoms with Crippen LogP contribution in [-0.2, 0) is 14.1 Å². The van der Waals surface area contributed by atoms with Crippen LogP contribution in [-0.4, -0.2) is 0 Å². The molecule has 0 aliphatic carbocycles. The second-order valence-corrected chi connectivity index (χ2v) is 5.88. The maximum Gasteiger partial charge on any atom is 0.283 e. The molecular formula is C14H14Cl2N4O8. The molecule has 0 amide bonds. The van der Waals surface area contributed by atoms with Crippen molar-refractivity contribution in [3.63, 3.8) is 0 Å². The zero-order valence-corrected chi connectivity index (χ0v) is 15.9. The van der Waals surface area contributed by atoms with Crippen molar-refractivity contribution in [3.05, 3.63) is 60.2 Å². The number of aryl methyl sites for hydroxylation is 2. The zero-order chi connectivity index (χ0) is 22.4. The Bertz CT molecular complexity index is 718. The topological polar surface area (TPSA) is 240 Å². The van der Waals surface area contributed by atoms with Crippen LogP contribution in [0.25, 0.3) is 0 Å². The highest BCUT2D eigenvalue weighted by Crippen LogP contribution is 1.85. The van der Waals surface area contributed by atoms with E-state index in [1.807, 2.05) is 50.8 Å². The van der Waals surface area contributed by atoms with E-state index in [4.69, 9.17) is 47.8 Å². The highest BCUT2D eigenvalue weighted by atomic mass is 35.7. The molecule has 2 aromatic rings. The van der Waals surface area contributed by atoms with Crippen molar-refractivity contribution in [2.75, 3.05) is 0 Å². The fourth-order valence-corrected chi connectivity index (χ4v) is 1.28. The van der Waals surface area contributed by atoms with E-state index >= 15 is 0 Å². The van der Waals surface area contributed by atoms with Gasteiger partial charge >= 0.3 is 0 Å². The molecule has 28 heavy (non-hydrogen) atoms. The van der Waals surface area contributed by atoms with Gasteiger partial charge in [-0.3, -0.25) is 0 Å². The molecule has 0 saturated carbocycles. The first kappa shape index (κ1) is 27.8. The molecular weight excluding hydrogens is 423 g/mol. The van der Waals surface area contributed by atoms with Crippen LogP contribution in [0.4, 0.5) is 0 Å². The van der Waals surface area contributed by atoms with Gasteiger partial charge in [-0.15, -0.1) is 20.5 Å². The van der Waals surface area contributed by atoms with Crippen molar-refractivity contribution in [1.29, 1.82) is 10.5 Å².